The van der Waals surface area contributed by atoms with Crippen molar-refractivity contribution < 1.29 is 14.7 Å². The fourth-order valence-corrected chi connectivity index (χ4v) is 5.41. The summed E-state index contributed by atoms with van der Waals surface area (Å²) in [5.74, 6) is -0.228. The summed E-state index contributed by atoms with van der Waals surface area (Å²) in [6.07, 6.45) is 2.19. The van der Waals surface area contributed by atoms with Crippen LogP contribution in [0.4, 0.5) is 0 Å². The van der Waals surface area contributed by atoms with Crippen molar-refractivity contribution in [2.45, 2.75) is 70.8 Å². The molecule has 2 aromatic carbocycles. The molecule has 40 heavy (non-hydrogen) atoms. The lowest BCUT2D eigenvalue weighted by Crippen LogP contribution is -2.59. The number of aliphatic hydroxyl groups excluding tert-OH is 1. The molecule has 2 amide bonds. The number of carbonyl (C=O) groups is 2. The fraction of sp³-hybridized carbons (Fsp3) is 0.562. The van der Waals surface area contributed by atoms with Gasteiger partial charge in [0.25, 0.3) is 0 Å². The number of nitrogens with zero attached hydrogens (tertiary/aromatic N) is 3. The van der Waals surface area contributed by atoms with Crippen LogP contribution in [0.1, 0.15) is 44.7 Å². The third-order valence-corrected chi connectivity index (χ3v) is 7.59. The van der Waals surface area contributed by atoms with Crippen molar-refractivity contribution in [2.24, 2.45) is 11.1 Å². The van der Waals surface area contributed by atoms with Crippen LogP contribution in [0.25, 0.3) is 0 Å². The van der Waals surface area contributed by atoms with E-state index in [4.69, 9.17) is 5.73 Å². The predicted octanol–water partition coefficient (Wildman–Crippen LogP) is 2.50. The van der Waals surface area contributed by atoms with E-state index >= 15 is 0 Å². The zero-order valence-corrected chi connectivity index (χ0v) is 24.9. The molecule has 0 bridgehead atoms. The van der Waals surface area contributed by atoms with Gasteiger partial charge in [0, 0.05) is 31.7 Å². The molecule has 0 radical (unpaired) electrons. The number of likely N-dealkylation sites (N-methyl/N-ethyl adjacent to an activating group) is 1. The van der Waals surface area contributed by atoms with Crippen molar-refractivity contribution in [1.82, 2.24) is 20.0 Å². The second kappa shape index (κ2) is 14.7. The number of nitrogens with one attached hydrogen (secondary N) is 1. The van der Waals surface area contributed by atoms with Crippen LogP contribution < -0.4 is 11.1 Å². The molecule has 4 N–H and O–H groups in total. The molecule has 8 nitrogen and oxygen atoms in total. The van der Waals surface area contributed by atoms with E-state index in [2.05, 4.69) is 17.4 Å². The van der Waals surface area contributed by atoms with Crippen LogP contribution in [0.2, 0.25) is 0 Å². The molecule has 3 rings (SSSR count). The molecule has 1 fully saturated rings. The zero-order valence-electron chi connectivity index (χ0n) is 24.9. The van der Waals surface area contributed by atoms with E-state index in [0.717, 1.165) is 24.8 Å². The van der Waals surface area contributed by atoms with Crippen molar-refractivity contribution >= 4 is 11.8 Å². The molecule has 0 spiro atoms. The van der Waals surface area contributed by atoms with Crippen molar-refractivity contribution in [3.05, 3.63) is 71.8 Å². The summed E-state index contributed by atoms with van der Waals surface area (Å²) in [5.41, 5.74) is 8.38. The molecule has 220 valence electrons. The Labute approximate surface area is 240 Å². The Balaban J connectivity index is 1.77. The van der Waals surface area contributed by atoms with Crippen LogP contribution in [0, 0.1) is 5.41 Å². The lowest BCUT2D eigenvalue weighted by atomic mass is 9.85. The first-order chi connectivity index (χ1) is 19.0. The van der Waals surface area contributed by atoms with Crippen molar-refractivity contribution in [1.29, 1.82) is 0 Å². The summed E-state index contributed by atoms with van der Waals surface area (Å²) in [4.78, 5) is 32.3. The highest BCUT2D eigenvalue weighted by molar-refractivity contribution is 5.89. The first kappa shape index (κ1) is 31.7. The molecule has 8 heteroatoms. The monoisotopic (exact) mass is 551 g/mol. The van der Waals surface area contributed by atoms with Gasteiger partial charge < -0.3 is 26.0 Å². The van der Waals surface area contributed by atoms with E-state index in [-0.39, 0.29) is 24.4 Å². The molecule has 4 atom stereocenters. The average Bonchev–Trinajstić information content (AvgIpc) is 3.37. The van der Waals surface area contributed by atoms with Crippen LogP contribution in [0.15, 0.2) is 60.7 Å². The Morgan fingerprint density at radius 2 is 1.65 bits per heavy atom. The quantitative estimate of drug-likeness (QED) is 0.331. The van der Waals surface area contributed by atoms with Gasteiger partial charge in [0.1, 0.15) is 12.3 Å². The van der Waals surface area contributed by atoms with Crippen LogP contribution in [-0.2, 0) is 22.4 Å². The molecular formula is C32H49N5O3. The van der Waals surface area contributed by atoms with Gasteiger partial charge in [-0.05, 0) is 56.3 Å². The number of hydrogen-bond acceptors (Lipinski definition) is 6. The Morgan fingerprint density at radius 1 is 1.05 bits per heavy atom. The molecule has 1 aliphatic rings. The summed E-state index contributed by atoms with van der Waals surface area (Å²) in [6, 6.07) is 19.0. The minimum atomic E-state index is -0.861. The van der Waals surface area contributed by atoms with Gasteiger partial charge in [-0.25, -0.2) is 0 Å². The Kier molecular flexibility index (Phi) is 11.7. The predicted molar refractivity (Wildman–Crippen MR) is 161 cm³/mol. The Morgan fingerprint density at radius 3 is 2.23 bits per heavy atom. The summed E-state index contributed by atoms with van der Waals surface area (Å²) >= 11 is 0. The zero-order chi connectivity index (χ0) is 29.3. The Bertz CT molecular complexity index is 1060. The molecule has 1 heterocycles. The van der Waals surface area contributed by atoms with E-state index in [0.29, 0.717) is 26.1 Å². The number of benzene rings is 2. The third-order valence-electron chi connectivity index (χ3n) is 7.59. The van der Waals surface area contributed by atoms with E-state index < -0.39 is 23.7 Å². The maximum Gasteiger partial charge on any atom is 0.245 e. The molecule has 0 saturated carbocycles. The van der Waals surface area contributed by atoms with Crippen molar-refractivity contribution in [2.75, 3.05) is 40.3 Å². The highest BCUT2D eigenvalue weighted by atomic mass is 16.3. The van der Waals surface area contributed by atoms with Crippen molar-refractivity contribution in [3.63, 3.8) is 0 Å². The SMILES string of the molecule is CN(C)CC(=O)N[C@H](C(=O)N1CCC[C@H]1CN(CCc1ccccc1)C(O)[C@H](N)Cc1ccccc1)C(C)(C)C. The molecule has 1 saturated heterocycles. The van der Waals surface area contributed by atoms with E-state index in [1.54, 1.807) is 4.90 Å². The van der Waals surface area contributed by atoms with E-state index in [1.165, 1.54) is 5.56 Å². The topological polar surface area (TPSA) is 102 Å². The molecule has 0 aliphatic carbocycles. The lowest BCUT2D eigenvalue weighted by molar-refractivity contribution is -0.141. The van der Waals surface area contributed by atoms with Crippen molar-refractivity contribution in [3.8, 4) is 0 Å². The number of aliphatic hydroxyl groups is 1. The maximum atomic E-state index is 13.9. The van der Waals surface area contributed by atoms with Crippen LogP contribution in [0.3, 0.4) is 0 Å². The molecule has 1 aliphatic heterocycles. The lowest BCUT2D eigenvalue weighted by Gasteiger charge is -2.39. The highest BCUT2D eigenvalue weighted by Gasteiger charge is 2.40. The molecule has 1 unspecified atom stereocenters. The summed E-state index contributed by atoms with van der Waals surface area (Å²) < 4.78 is 0. The normalized spacial score (nSPS) is 18.1. The van der Waals surface area contributed by atoms with E-state index in [1.807, 2.05) is 93.2 Å². The number of amides is 2. The van der Waals surface area contributed by atoms with Gasteiger partial charge in [0.15, 0.2) is 0 Å². The van der Waals surface area contributed by atoms with Crippen LogP contribution >= 0.6 is 0 Å². The summed E-state index contributed by atoms with van der Waals surface area (Å²) in [7, 11) is 3.67. The number of hydrogen-bond donors (Lipinski definition) is 3. The number of likely N-dealkylation sites (tertiary alicyclic amines) is 1. The number of rotatable bonds is 13. The highest BCUT2D eigenvalue weighted by Crippen LogP contribution is 2.27. The minimum Gasteiger partial charge on any atom is -0.377 e. The second-order valence-corrected chi connectivity index (χ2v) is 12.4. The molecule has 2 aromatic rings. The largest absolute Gasteiger partial charge is 0.377 e. The molecule has 0 aromatic heterocycles. The first-order valence-electron chi connectivity index (χ1n) is 14.5. The third kappa shape index (κ3) is 9.41. The fourth-order valence-electron chi connectivity index (χ4n) is 5.41. The average molecular weight is 552 g/mol. The number of carbonyl (C=O) groups excluding carboxylic acids is 2. The summed E-state index contributed by atoms with van der Waals surface area (Å²) in [5, 5.41) is 14.5. The van der Waals surface area contributed by atoms with Gasteiger partial charge in [-0.3, -0.25) is 14.5 Å². The molecular weight excluding hydrogens is 502 g/mol. The van der Waals surface area contributed by atoms with Crippen LogP contribution in [-0.4, -0.2) is 96.2 Å². The van der Waals surface area contributed by atoms with Crippen LogP contribution in [0.5, 0.6) is 0 Å². The van der Waals surface area contributed by atoms with Gasteiger partial charge in [-0.15, -0.1) is 0 Å². The minimum absolute atomic E-state index is 0.0619. The first-order valence-corrected chi connectivity index (χ1v) is 14.5. The van der Waals surface area contributed by atoms with Gasteiger partial charge in [-0.1, -0.05) is 81.4 Å². The standard InChI is InChI=1S/C32H49N5O3/c1-32(2,3)29(34-28(38)23-35(4)5)31(40)37-19-12-17-26(37)22-36(20-18-24-13-8-6-9-14-24)30(39)27(33)21-25-15-10-7-11-16-25/h6-11,13-16,26-27,29-30,39H,12,17-23,33H2,1-5H3,(H,34,38)/t26-,27+,29+,30?/m0/s1. The van der Waals surface area contributed by atoms with Gasteiger partial charge in [0.2, 0.25) is 11.8 Å². The maximum absolute atomic E-state index is 13.9. The Hall–Kier alpha value is -2.78. The van der Waals surface area contributed by atoms with Gasteiger partial charge in [0.05, 0.1) is 6.54 Å². The smallest absolute Gasteiger partial charge is 0.245 e. The van der Waals surface area contributed by atoms with E-state index in [9.17, 15) is 14.7 Å². The summed E-state index contributed by atoms with van der Waals surface area (Å²) in [6.45, 7) is 7.94. The number of nitrogens with two attached hydrogens (primary N) is 1. The van der Waals surface area contributed by atoms with Gasteiger partial charge >= 0.3 is 0 Å². The van der Waals surface area contributed by atoms with Gasteiger partial charge in [-0.2, -0.15) is 0 Å². The second-order valence-electron chi connectivity index (χ2n) is 12.4.